The molecule has 0 saturated carbocycles. The van der Waals surface area contributed by atoms with Crippen molar-refractivity contribution in [3.05, 3.63) is 59.2 Å². The summed E-state index contributed by atoms with van der Waals surface area (Å²) in [5, 5.41) is 3.53. The van der Waals surface area contributed by atoms with Gasteiger partial charge in [0.2, 0.25) is 0 Å². The summed E-state index contributed by atoms with van der Waals surface area (Å²) >= 11 is 0. The number of aryl methyl sites for hydroxylation is 1. The van der Waals surface area contributed by atoms with Gasteiger partial charge in [0.25, 0.3) is 0 Å². The molecular formula is C18H23NO2. The Balaban J connectivity index is 2.44. The second kappa shape index (κ2) is 7.14. The van der Waals surface area contributed by atoms with Crippen molar-refractivity contribution in [2.75, 3.05) is 20.8 Å². The zero-order valence-electron chi connectivity index (χ0n) is 13.1. The zero-order valence-corrected chi connectivity index (χ0v) is 13.1. The average molecular weight is 285 g/mol. The summed E-state index contributed by atoms with van der Waals surface area (Å²) in [6.45, 7) is 5.09. The highest BCUT2D eigenvalue weighted by Gasteiger charge is 2.17. The minimum atomic E-state index is 0.108. The third-order valence-corrected chi connectivity index (χ3v) is 3.57. The lowest BCUT2D eigenvalue weighted by Crippen LogP contribution is -2.22. The summed E-state index contributed by atoms with van der Waals surface area (Å²) in [7, 11) is 3.35. The van der Waals surface area contributed by atoms with Gasteiger partial charge < -0.3 is 14.8 Å². The summed E-state index contributed by atoms with van der Waals surface area (Å²) in [4.78, 5) is 0. The number of hydrogen-bond donors (Lipinski definition) is 1. The molecule has 21 heavy (non-hydrogen) atoms. The Bertz CT molecular complexity index is 578. The number of nitrogens with one attached hydrogen (secondary N) is 1. The van der Waals surface area contributed by atoms with Gasteiger partial charge in [-0.1, -0.05) is 36.8 Å². The van der Waals surface area contributed by atoms with Crippen LogP contribution in [0.5, 0.6) is 11.5 Å². The average Bonchev–Trinajstić information content (AvgIpc) is 2.53. The SMILES string of the molecule is CCNC(c1ccc(C)cc1)c1ccc(OC)cc1OC. The quantitative estimate of drug-likeness (QED) is 0.877. The minimum Gasteiger partial charge on any atom is -0.497 e. The van der Waals surface area contributed by atoms with Crippen molar-refractivity contribution in [2.45, 2.75) is 19.9 Å². The van der Waals surface area contributed by atoms with Crippen LogP contribution >= 0.6 is 0 Å². The van der Waals surface area contributed by atoms with Gasteiger partial charge in [0.1, 0.15) is 11.5 Å². The zero-order chi connectivity index (χ0) is 15.2. The van der Waals surface area contributed by atoms with Crippen LogP contribution in [-0.4, -0.2) is 20.8 Å². The van der Waals surface area contributed by atoms with Crippen molar-refractivity contribution < 1.29 is 9.47 Å². The molecule has 0 saturated heterocycles. The van der Waals surface area contributed by atoms with Gasteiger partial charge in [-0.25, -0.2) is 0 Å². The first-order valence-corrected chi connectivity index (χ1v) is 7.21. The molecule has 0 radical (unpaired) electrons. The van der Waals surface area contributed by atoms with E-state index in [9.17, 15) is 0 Å². The molecule has 0 heterocycles. The number of hydrogen-bond acceptors (Lipinski definition) is 3. The number of methoxy groups -OCH3 is 2. The van der Waals surface area contributed by atoms with Crippen LogP contribution in [0.3, 0.4) is 0 Å². The molecule has 0 aliphatic heterocycles. The highest BCUT2D eigenvalue weighted by molar-refractivity contribution is 5.46. The number of benzene rings is 2. The maximum atomic E-state index is 5.54. The molecule has 1 atom stereocenters. The Morgan fingerprint density at radius 1 is 1.00 bits per heavy atom. The van der Waals surface area contributed by atoms with Crippen molar-refractivity contribution in [2.24, 2.45) is 0 Å². The number of rotatable bonds is 6. The predicted octanol–water partition coefficient (Wildman–Crippen LogP) is 3.71. The largest absolute Gasteiger partial charge is 0.497 e. The molecule has 2 aromatic carbocycles. The Hall–Kier alpha value is -2.00. The van der Waals surface area contributed by atoms with Gasteiger partial charge in [0, 0.05) is 11.6 Å². The fourth-order valence-electron chi connectivity index (χ4n) is 2.43. The van der Waals surface area contributed by atoms with Gasteiger partial charge in [-0.15, -0.1) is 0 Å². The van der Waals surface area contributed by atoms with E-state index in [1.807, 2.05) is 12.1 Å². The molecule has 3 nitrogen and oxygen atoms in total. The van der Waals surface area contributed by atoms with Crippen LogP contribution in [-0.2, 0) is 0 Å². The molecule has 112 valence electrons. The first-order chi connectivity index (χ1) is 10.2. The molecule has 1 N–H and O–H groups in total. The van der Waals surface area contributed by atoms with Crippen LogP contribution in [0.15, 0.2) is 42.5 Å². The van der Waals surface area contributed by atoms with E-state index in [0.29, 0.717) is 0 Å². The van der Waals surface area contributed by atoms with E-state index in [-0.39, 0.29) is 6.04 Å². The molecule has 0 spiro atoms. The highest BCUT2D eigenvalue weighted by atomic mass is 16.5. The third kappa shape index (κ3) is 3.56. The van der Waals surface area contributed by atoms with Gasteiger partial charge in [0.05, 0.1) is 20.3 Å². The van der Waals surface area contributed by atoms with Gasteiger partial charge in [-0.05, 0) is 31.2 Å². The molecule has 2 rings (SSSR count). The van der Waals surface area contributed by atoms with Gasteiger partial charge >= 0.3 is 0 Å². The topological polar surface area (TPSA) is 30.5 Å². The molecule has 0 bridgehead atoms. The third-order valence-electron chi connectivity index (χ3n) is 3.57. The molecule has 0 fully saturated rings. The molecule has 0 aliphatic carbocycles. The van der Waals surface area contributed by atoms with E-state index in [1.165, 1.54) is 11.1 Å². The van der Waals surface area contributed by atoms with Crippen molar-refractivity contribution in [1.82, 2.24) is 5.32 Å². The van der Waals surface area contributed by atoms with Crippen LogP contribution in [0.25, 0.3) is 0 Å². The van der Waals surface area contributed by atoms with Crippen molar-refractivity contribution in [3.63, 3.8) is 0 Å². The van der Waals surface area contributed by atoms with Crippen molar-refractivity contribution >= 4 is 0 Å². The van der Waals surface area contributed by atoms with Crippen molar-refractivity contribution in [3.8, 4) is 11.5 Å². The van der Waals surface area contributed by atoms with E-state index in [2.05, 4.69) is 49.5 Å². The number of ether oxygens (including phenoxy) is 2. The Morgan fingerprint density at radius 3 is 2.29 bits per heavy atom. The molecule has 2 aromatic rings. The minimum absolute atomic E-state index is 0.108. The van der Waals surface area contributed by atoms with E-state index < -0.39 is 0 Å². The maximum Gasteiger partial charge on any atom is 0.127 e. The summed E-state index contributed by atoms with van der Waals surface area (Å²) < 4.78 is 10.8. The smallest absolute Gasteiger partial charge is 0.127 e. The second-order valence-electron chi connectivity index (χ2n) is 5.01. The predicted molar refractivity (Wildman–Crippen MR) is 86.2 cm³/mol. The monoisotopic (exact) mass is 285 g/mol. The second-order valence-corrected chi connectivity index (χ2v) is 5.01. The lowest BCUT2D eigenvalue weighted by molar-refractivity contribution is 0.387. The highest BCUT2D eigenvalue weighted by Crippen LogP contribution is 2.33. The molecule has 0 aromatic heterocycles. The van der Waals surface area contributed by atoms with Crippen LogP contribution in [0.4, 0.5) is 0 Å². The van der Waals surface area contributed by atoms with Crippen LogP contribution in [0.1, 0.15) is 29.7 Å². The van der Waals surface area contributed by atoms with Gasteiger partial charge in [-0.2, -0.15) is 0 Å². The fraction of sp³-hybridized carbons (Fsp3) is 0.333. The van der Waals surface area contributed by atoms with E-state index in [4.69, 9.17) is 9.47 Å². The normalized spacial score (nSPS) is 12.0. The van der Waals surface area contributed by atoms with Gasteiger partial charge in [-0.3, -0.25) is 0 Å². The summed E-state index contributed by atoms with van der Waals surface area (Å²) in [6, 6.07) is 14.6. The lowest BCUT2D eigenvalue weighted by atomic mass is 9.96. The van der Waals surface area contributed by atoms with Crippen molar-refractivity contribution in [1.29, 1.82) is 0 Å². The standard InChI is InChI=1S/C18H23NO2/c1-5-19-18(14-8-6-13(2)7-9-14)16-11-10-15(20-3)12-17(16)21-4/h6-12,18-19H,5H2,1-4H3. The van der Waals surface area contributed by atoms with Crippen LogP contribution in [0.2, 0.25) is 0 Å². The lowest BCUT2D eigenvalue weighted by Gasteiger charge is -2.22. The summed E-state index contributed by atoms with van der Waals surface area (Å²) in [6.07, 6.45) is 0. The molecular weight excluding hydrogens is 262 g/mol. The Labute approximate surface area is 126 Å². The van der Waals surface area contributed by atoms with E-state index in [1.54, 1.807) is 14.2 Å². The van der Waals surface area contributed by atoms with Gasteiger partial charge in [0.15, 0.2) is 0 Å². The first-order valence-electron chi connectivity index (χ1n) is 7.21. The fourth-order valence-corrected chi connectivity index (χ4v) is 2.43. The Morgan fingerprint density at radius 2 is 1.71 bits per heavy atom. The Kier molecular flexibility index (Phi) is 5.23. The van der Waals surface area contributed by atoms with E-state index >= 15 is 0 Å². The maximum absolute atomic E-state index is 5.54. The molecule has 1 unspecified atom stereocenters. The first kappa shape index (κ1) is 15.4. The summed E-state index contributed by atoms with van der Waals surface area (Å²) in [5.41, 5.74) is 3.60. The van der Waals surface area contributed by atoms with Crippen LogP contribution < -0.4 is 14.8 Å². The van der Waals surface area contributed by atoms with E-state index in [0.717, 1.165) is 23.6 Å². The molecule has 0 amide bonds. The van der Waals surface area contributed by atoms with Crippen LogP contribution in [0, 0.1) is 6.92 Å². The summed E-state index contributed by atoms with van der Waals surface area (Å²) in [5.74, 6) is 1.63. The molecule has 0 aliphatic rings. The molecule has 3 heteroatoms.